The molecule has 0 aliphatic rings. The number of carbonyl (C=O) groups excluding carboxylic acids is 2. The normalized spacial score (nSPS) is 11.8. The van der Waals surface area contributed by atoms with Crippen LogP contribution >= 0.6 is 23.2 Å². The van der Waals surface area contributed by atoms with Crippen molar-refractivity contribution in [1.29, 1.82) is 0 Å². The summed E-state index contributed by atoms with van der Waals surface area (Å²) >= 11 is 12.7. The first-order valence-corrected chi connectivity index (χ1v) is 12.1. The van der Waals surface area contributed by atoms with Crippen LogP contribution in [0.1, 0.15) is 45.9 Å². The van der Waals surface area contributed by atoms with E-state index in [1.54, 1.807) is 63.7 Å². The van der Waals surface area contributed by atoms with Gasteiger partial charge in [-0.15, -0.1) is 0 Å². The lowest BCUT2D eigenvalue weighted by molar-refractivity contribution is 0.0277. The fourth-order valence-electron chi connectivity index (χ4n) is 3.45. The van der Waals surface area contributed by atoms with Crippen LogP contribution in [0.2, 0.25) is 10.0 Å². The van der Waals surface area contributed by atoms with Crippen molar-refractivity contribution >= 4 is 46.6 Å². The molecule has 2 heterocycles. The second-order valence-corrected chi connectivity index (χ2v) is 10.5. The number of nitrogens with one attached hydrogen (secondary N) is 1. The van der Waals surface area contributed by atoms with Gasteiger partial charge in [-0.25, -0.2) is 29.9 Å². The molecule has 1 N–H and O–H groups in total. The number of nitrogens with zero attached hydrogens (tertiary/aromatic N) is 4. The van der Waals surface area contributed by atoms with Crippen LogP contribution in [0.15, 0.2) is 37.4 Å². The highest BCUT2D eigenvalue weighted by atomic mass is 35.5. The average Bonchev–Trinajstić information content (AvgIpc) is 3.18. The van der Waals surface area contributed by atoms with Crippen LogP contribution in [0.4, 0.5) is 9.59 Å². The van der Waals surface area contributed by atoms with E-state index in [0.717, 1.165) is 0 Å². The fourth-order valence-corrected chi connectivity index (χ4v) is 3.85. The second kappa shape index (κ2) is 11.4. The van der Waals surface area contributed by atoms with Gasteiger partial charge in [0.1, 0.15) is 35.4 Å². The third-order valence-electron chi connectivity index (χ3n) is 4.88. The number of hydrogen-bond donors (Lipinski definition) is 1. The number of carbonyl (C=O) groups is 2. The Morgan fingerprint density at radius 1 is 1.08 bits per heavy atom. The SMILES string of the molecule is C=CCOc1ccc(Cl)c(Cl)c1Cn1cnc2c(CC(C)(C)OC(=O)NC(=O)OC(C)(C)C)ncnc21. The first-order chi connectivity index (χ1) is 17.3. The molecule has 0 spiro atoms. The van der Waals surface area contributed by atoms with Gasteiger partial charge >= 0.3 is 12.2 Å². The standard InChI is InChI=1S/C25H29Cl2N5O5/c1-7-10-35-18-9-8-16(26)19(27)15(18)12-32-14-30-20-17(28-13-29-21(20)32)11-25(5,6)37-23(34)31-22(33)36-24(2,3)4/h7-9,13-14H,1,10-12H2,2-6H3,(H,31,33,34). The van der Waals surface area contributed by atoms with E-state index in [-0.39, 0.29) is 13.0 Å². The number of benzene rings is 1. The van der Waals surface area contributed by atoms with Crippen molar-refractivity contribution in [2.75, 3.05) is 6.61 Å². The Kier molecular flexibility index (Phi) is 8.65. The number of imidazole rings is 1. The third-order valence-corrected chi connectivity index (χ3v) is 5.72. The molecule has 198 valence electrons. The van der Waals surface area contributed by atoms with Crippen LogP contribution < -0.4 is 10.1 Å². The summed E-state index contributed by atoms with van der Waals surface area (Å²) in [6, 6.07) is 3.41. The summed E-state index contributed by atoms with van der Waals surface area (Å²) < 4.78 is 18.1. The van der Waals surface area contributed by atoms with E-state index in [1.807, 2.05) is 0 Å². The summed E-state index contributed by atoms with van der Waals surface area (Å²) in [5, 5.41) is 2.82. The van der Waals surface area contributed by atoms with Crippen molar-refractivity contribution in [3.63, 3.8) is 0 Å². The largest absolute Gasteiger partial charge is 0.489 e. The number of aromatic nitrogens is 4. The minimum absolute atomic E-state index is 0.205. The summed E-state index contributed by atoms with van der Waals surface area (Å²) in [5.41, 5.74) is 0.512. The maximum Gasteiger partial charge on any atom is 0.417 e. The molecule has 0 saturated carbocycles. The van der Waals surface area contributed by atoms with Crippen molar-refractivity contribution in [3.8, 4) is 5.75 Å². The molecular weight excluding hydrogens is 521 g/mol. The van der Waals surface area contributed by atoms with Crippen LogP contribution in [-0.2, 0) is 22.4 Å². The third kappa shape index (κ3) is 7.56. The number of amides is 2. The molecule has 0 fully saturated rings. The van der Waals surface area contributed by atoms with Crippen LogP contribution in [0, 0.1) is 0 Å². The second-order valence-electron chi connectivity index (χ2n) is 9.76. The Bertz CT molecular complexity index is 1320. The Hall–Kier alpha value is -3.37. The van der Waals surface area contributed by atoms with Crippen LogP contribution in [0.5, 0.6) is 5.75 Å². The molecule has 3 aromatic rings. The highest BCUT2D eigenvalue weighted by molar-refractivity contribution is 6.42. The summed E-state index contributed by atoms with van der Waals surface area (Å²) in [7, 11) is 0. The zero-order chi connectivity index (χ0) is 27.4. The minimum Gasteiger partial charge on any atom is -0.489 e. The summed E-state index contributed by atoms with van der Waals surface area (Å²) in [5.74, 6) is 0.566. The van der Waals surface area contributed by atoms with Gasteiger partial charge in [-0.1, -0.05) is 35.9 Å². The Balaban J connectivity index is 1.80. The molecule has 0 aliphatic carbocycles. The average molecular weight is 550 g/mol. The molecular formula is C25H29Cl2N5O5. The van der Waals surface area contributed by atoms with Gasteiger partial charge < -0.3 is 18.8 Å². The number of rotatable bonds is 8. The molecule has 12 heteroatoms. The predicted molar refractivity (Wildman–Crippen MR) is 140 cm³/mol. The van der Waals surface area contributed by atoms with Gasteiger partial charge in [0.05, 0.1) is 28.6 Å². The van der Waals surface area contributed by atoms with Crippen LogP contribution in [0.25, 0.3) is 11.2 Å². The molecule has 1 aromatic carbocycles. The predicted octanol–water partition coefficient (Wildman–Crippen LogP) is 5.73. The molecule has 3 rings (SSSR count). The van der Waals surface area contributed by atoms with Gasteiger partial charge in [0.2, 0.25) is 0 Å². The van der Waals surface area contributed by atoms with Gasteiger partial charge in [-0.3, -0.25) is 0 Å². The minimum atomic E-state index is -1.03. The van der Waals surface area contributed by atoms with Crippen molar-refractivity contribution in [3.05, 3.63) is 58.7 Å². The number of halogens is 2. The lowest BCUT2D eigenvalue weighted by atomic mass is 10.0. The first-order valence-electron chi connectivity index (χ1n) is 11.4. The molecule has 10 nitrogen and oxygen atoms in total. The van der Waals surface area contributed by atoms with Crippen molar-refractivity contribution < 1.29 is 23.8 Å². The Morgan fingerprint density at radius 3 is 2.46 bits per heavy atom. The molecule has 37 heavy (non-hydrogen) atoms. The molecule has 0 saturated heterocycles. The fraction of sp³-hybridized carbons (Fsp3) is 0.400. The zero-order valence-electron chi connectivity index (χ0n) is 21.3. The molecule has 0 unspecified atom stereocenters. The monoisotopic (exact) mass is 549 g/mol. The zero-order valence-corrected chi connectivity index (χ0v) is 22.8. The highest BCUT2D eigenvalue weighted by Gasteiger charge is 2.28. The topological polar surface area (TPSA) is 117 Å². The lowest BCUT2D eigenvalue weighted by Crippen LogP contribution is -2.41. The highest BCUT2D eigenvalue weighted by Crippen LogP contribution is 2.34. The van der Waals surface area contributed by atoms with E-state index in [4.69, 9.17) is 37.4 Å². The van der Waals surface area contributed by atoms with Crippen molar-refractivity contribution in [2.45, 2.75) is 58.8 Å². The van der Waals surface area contributed by atoms with E-state index < -0.39 is 23.4 Å². The van der Waals surface area contributed by atoms with Gasteiger partial charge in [0.15, 0.2) is 5.65 Å². The van der Waals surface area contributed by atoms with E-state index in [2.05, 4.69) is 26.8 Å². The number of imide groups is 1. The van der Waals surface area contributed by atoms with Crippen LogP contribution in [0.3, 0.4) is 0 Å². The molecule has 0 bridgehead atoms. The van der Waals surface area contributed by atoms with Gasteiger partial charge in [0, 0.05) is 12.0 Å². The number of alkyl carbamates (subject to hydrolysis) is 2. The Labute approximate surface area is 224 Å². The van der Waals surface area contributed by atoms with Crippen molar-refractivity contribution in [2.24, 2.45) is 0 Å². The molecule has 2 amide bonds. The smallest absolute Gasteiger partial charge is 0.417 e. The molecule has 2 aromatic heterocycles. The van der Waals surface area contributed by atoms with Crippen molar-refractivity contribution in [1.82, 2.24) is 24.8 Å². The summed E-state index contributed by atoms with van der Waals surface area (Å²) in [6.45, 7) is 12.7. The first kappa shape index (κ1) is 28.2. The molecule has 0 aliphatic heterocycles. The maximum atomic E-state index is 12.3. The van der Waals surface area contributed by atoms with Gasteiger partial charge in [0.25, 0.3) is 0 Å². The van der Waals surface area contributed by atoms with Gasteiger partial charge in [-0.2, -0.15) is 0 Å². The number of hydrogen-bond acceptors (Lipinski definition) is 8. The van der Waals surface area contributed by atoms with E-state index >= 15 is 0 Å². The number of fused-ring (bicyclic) bond motifs is 1. The lowest BCUT2D eigenvalue weighted by Gasteiger charge is -2.25. The molecule has 0 radical (unpaired) electrons. The Morgan fingerprint density at radius 2 is 1.78 bits per heavy atom. The van der Waals surface area contributed by atoms with E-state index in [9.17, 15) is 9.59 Å². The van der Waals surface area contributed by atoms with E-state index in [0.29, 0.717) is 44.8 Å². The van der Waals surface area contributed by atoms with Gasteiger partial charge in [-0.05, 0) is 46.8 Å². The summed E-state index contributed by atoms with van der Waals surface area (Å²) in [4.78, 5) is 37.3. The van der Waals surface area contributed by atoms with E-state index in [1.165, 1.54) is 6.33 Å². The van der Waals surface area contributed by atoms with Crippen LogP contribution in [-0.4, -0.2) is 49.5 Å². The quantitative estimate of drug-likeness (QED) is 0.354. The summed E-state index contributed by atoms with van der Waals surface area (Å²) in [6.07, 6.45) is 3.03. The number of ether oxygens (including phenoxy) is 3. The molecule has 0 atom stereocenters. The maximum absolute atomic E-state index is 12.3.